The maximum atomic E-state index is 11.9. The van der Waals surface area contributed by atoms with Crippen molar-refractivity contribution in [1.29, 1.82) is 5.26 Å². The number of nitrogens with one attached hydrogen (secondary N) is 1. The zero-order chi connectivity index (χ0) is 19.2. The van der Waals surface area contributed by atoms with Gasteiger partial charge in [-0.25, -0.2) is 4.79 Å². The number of nitriles is 1. The quantitative estimate of drug-likeness (QED) is 0.564. The van der Waals surface area contributed by atoms with Gasteiger partial charge in [0.05, 0.1) is 20.3 Å². The largest absolute Gasteiger partial charge is 0.497 e. The molecule has 0 bridgehead atoms. The third-order valence-electron chi connectivity index (χ3n) is 4.21. The van der Waals surface area contributed by atoms with Crippen molar-refractivity contribution >= 4 is 18.0 Å². The monoisotopic (exact) mass is 358 g/mol. The SMILES string of the molecule is COc1ccc(OC)c(/C=C/C(=O)OCC(=O)N[C@@](C)(C#N)C2CC2)c1. The molecule has 0 aliphatic heterocycles. The number of nitrogens with zero attached hydrogens (tertiary/aromatic N) is 1. The number of rotatable bonds is 8. The first kappa shape index (κ1) is 19.3. The van der Waals surface area contributed by atoms with Gasteiger partial charge in [0, 0.05) is 11.6 Å². The maximum Gasteiger partial charge on any atom is 0.331 e. The van der Waals surface area contributed by atoms with Gasteiger partial charge in [0.2, 0.25) is 0 Å². The normalized spacial score (nSPS) is 15.6. The Morgan fingerprint density at radius 2 is 2.08 bits per heavy atom. The number of ether oxygens (including phenoxy) is 3. The molecule has 1 N–H and O–H groups in total. The van der Waals surface area contributed by atoms with E-state index in [4.69, 9.17) is 14.2 Å². The van der Waals surface area contributed by atoms with Crippen LogP contribution in [0.2, 0.25) is 0 Å². The smallest absolute Gasteiger partial charge is 0.331 e. The molecule has 0 aromatic heterocycles. The summed E-state index contributed by atoms with van der Waals surface area (Å²) in [4.78, 5) is 23.7. The molecule has 0 saturated heterocycles. The van der Waals surface area contributed by atoms with Crippen molar-refractivity contribution in [2.24, 2.45) is 5.92 Å². The molecule has 1 atom stereocenters. The van der Waals surface area contributed by atoms with Gasteiger partial charge in [0.15, 0.2) is 6.61 Å². The van der Waals surface area contributed by atoms with Gasteiger partial charge in [-0.3, -0.25) is 4.79 Å². The molecule has 2 rings (SSSR count). The predicted molar refractivity (Wildman–Crippen MR) is 94.4 cm³/mol. The molecule has 26 heavy (non-hydrogen) atoms. The van der Waals surface area contributed by atoms with Crippen LogP contribution in [0.5, 0.6) is 11.5 Å². The van der Waals surface area contributed by atoms with Crippen LogP contribution in [0.4, 0.5) is 0 Å². The fraction of sp³-hybridized carbons (Fsp3) is 0.421. The summed E-state index contributed by atoms with van der Waals surface area (Å²) in [7, 11) is 3.06. The van der Waals surface area contributed by atoms with Crippen molar-refractivity contribution in [2.45, 2.75) is 25.3 Å². The summed E-state index contributed by atoms with van der Waals surface area (Å²) in [6, 6.07) is 7.29. The van der Waals surface area contributed by atoms with Crippen molar-refractivity contribution in [3.8, 4) is 17.6 Å². The van der Waals surface area contributed by atoms with E-state index in [1.807, 2.05) is 0 Å². The van der Waals surface area contributed by atoms with Gasteiger partial charge in [-0.05, 0) is 50.0 Å². The van der Waals surface area contributed by atoms with Gasteiger partial charge in [-0.2, -0.15) is 5.26 Å². The number of hydrogen-bond acceptors (Lipinski definition) is 6. The Labute approximate surface area is 152 Å². The molecule has 1 amide bonds. The summed E-state index contributed by atoms with van der Waals surface area (Å²) in [6.45, 7) is 1.24. The third kappa shape index (κ3) is 4.99. The average molecular weight is 358 g/mol. The van der Waals surface area contributed by atoms with Gasteiger partial charge in [-0.15, -0.1) is 0 Å². The lowest BCUT2D eigenvalue weighted by Gasteiger charge is -2.22. The lowest BCUT2D eigenvalue weighted by Crippen LogP contribution is -2.48. The topological polar surface area (TPSA) is 97.7 Å². The van der Waals surface area contributed by atoms with Crippen LogP contribution in [-0.4, -0.2) is 38.2 Å². The molecule has 7 heteroatoms. The van der Waals surface area contributed by atoms with E-state index in [1.165, 1.54) is 19.3 Å². The van der Waals surface area contributed by atoms with Crippen molar-refractivity contribution in [3.05, 3.63) is 29.8 Å². The van der Waals surface area contributed by atoms with E-state index in [2.05, 4.69) is 11.4 Å². The Morgan fingerprint density at radius 3 is 2.65 bits per heavy atom. The summed E-state index contributed by atoms with van der Waals surface area (Å²) < 4.78 is 15.3. The summed E-state index contributed by atoms with van der Waals surface area (Å²) in [5.74, 6) is 0.181. The first-order chi connectivity index (χ1) is 12.4. The van der Waals surface area contributed by atoms with Gasteiger partial charge in [0.25, 0.3) is 5.91 Å². The van der Waals surface area contributed by atoms with E-state index in [9.17, 15) is 14.9 Å². The number of carbonyl (C=O) groups excluding carboxylic acids is 2. The average Bonchev–Trinajstić information content (AvgIpc) is 3.50. The molecular weight excluding hydrogens is 336 g/mol. The van der Waals surface area contributed by atoms with Crippen LogP contribution in [0.15, 0.2) is 24.3 Å². The molecule has 1 aliphatic carbocycles. The molecule has 1 aromatic rings. The summed E-state index contributed by atoms with van der Waals surface area (Å²) in [5.41, 5.74) is -0.271. The second-order valence-electron chi connectivity index (χ2n) is 6.19. The Morgan fingerprint density at radius 1 is 1.35 bits per heavy atom. The molecular formula is C19H22N2O5. The molecule has 1 saturated carbocycles. The van der Waals surface area contributed by atoms with E-state index >= 15 is 0 Å². The van der Waals surface area contributed by atoms with Crippen molar-refractivity contribution in [3.63, 3.8) is 0 Å². The number of methoxy groups -OCH3 is 2. The predicted octanol–water partition coefficient (Wildman–Crippen LogP) is 2.07. The highest BCUT2D eigenvalue weighted by Crippen LogP contribution is 2.39. The lowest BCUT2D eigenvalue weighted by atomic mass is 9.98. The van der Waals surface area contributed by atoms with E-state index in [1.54, 1.807) is 32.2 Å². The van der Waals surface area contributed by atoms with Gasteiger partial charge >= 0.3 is 5.97 Å². The number of esters is 1. The lowest BCUT2D eigenvalue weighted by molar-refractivity contribution is -0.144. The zero-order valence-electron chi connectivity index (χ0n) is 15.1. The highest BCUT2D eigenvalue weighted by atomic mass is 16.5. The highest BCUT2D eigenvalue weighted by Gasteiger charge is 2.43. The molecule has 138 valence electrons. The molecule has 0 heterocycles. The van der Waals surface area contributed by atoms with Crippen molar-refractivity contribution < 1.29 is 23.8 Å². The minimum absolute atomic E-state index is 0.160. The second kappa shape index (κ2) is 8.39. The Kier molecular flexibility index (Phi) is 6.23. The standard InChI is InChI=1S/C19H22N2O5/c1-19(12-20,14-5-6-14)21-17(22)11-26-18(23)9-4-13-10-15(24-2)7-8-16(13)25-3/h4,7-10,14H,5-6,11H2,1-3H3,(H,21,22)/b9-4+/t19-/m0/s1. The molecule has 1 aromatic carbocycles. The van der Waals surface area contributed by atoms with E-state index in [0.29, 0.717) is 17.1 Å². The minimum Gasteiger partial charge on any atom is -0.497 e. The summed E-state index contributed by atoms with van der Waals surface area (Å²) in [6.07, 6.45) is 4.55. The third-order valence-corrected chi connectivity index (χ3v) is 4.21. The molecule has 0 radical (unpaired) electrons. The first-order valence-corrected chi connectivity index (χ1v) is 8.21. The van der Waals surface area contributed by atoms with Crippen LogP contribution < -0.4 is 14.8 Å². The first-order valence-electron chi connectivity index (χ1n) is 8.21. The minimum atomic E-state index is -0.909. The van der Waals surface area contributed by atoms with Crippen LogP contribution in [0, 0.1) is 17.2 Å². The van der Waals surface area contributed by atoms with Crippen LogP contribution in [-0.2, 0) is 14.3 Å². The van der Waals surface area contributed by atoms with E-state index < -0.39 is 24.0 Å². The van der Waals surface area contributed by atoms with Crippen LogP contribution in [0.3, 0.4) is 0 Å². The van der Waals surface area contributed by atoms with E-state index in [0.717, 1.165) is 12.8 Å². The molecule has 0 spiro atoms. The van der Waals surface area contributed by atoms with Gasteiger partial charge in [0.1, 0.15) is 17.0 Å². The summed E-state index contributed by atoms with van der Waals surface area (Å²) >= 11 is 0. The molecule has 1 fully saturated rings. The number of benzene rings is 1. The Hall–Kier alpha value is -3.01. The van der Waals surface area contributed by atoms with Crippen LogP contribution in [0.1, 0.15) is 25.3 Å². The fourth-order valence-corrected chi connectivity index (χ4v) is 2.52. The molecule has 7 nitrogen and oxygen atoms in total. The van der Waals surface area contributed by atoms with Gasteiger partial charge in [-0.1, -0.05) is 0 Å². The maximum absolute atomic E-state index is 11.9. The zero-order valence-corrected chi connectivity index (χ0v) is 15.1. The van der Waals surface area contributed by atoms with Crippen molar-refractivity contribution in [2.75, 3.05) is 20.8 Å². The molecule has 1 aliphatic rings. The fourth-order valence-electron chi connectivity index (χ4n) is 2.52. The number of amides is 1. The molecule has 0 unspecified atom stereocenters. The van der Waals surface area contributed by atoms with Gasteiger partial charge < -0.3 is 19.5 Å². The van der Waals surface area contributed by atoms with Crippen molar-refractivity contribution in [1.82, 2.24) is 5.32 Å². The van der Waals surface area contributed by atoms with Crippen LogP contribution in [0.25, 0.3) is 6.08 Å². The van der Waals surface area contributed by atoms with Crippen LogP contribution >= 0.6 is 0 Å². The Bertz CT molecular complexity index is 749. The Balaban J connectivity index is 1.89. The van der Waals surface area contributed by atoms with E-state index in [-0.39, 0.29) is 5.92 Å². The second-order valence-corrected chi connectivity index (χ2v) is 6.19. The summed E-state index contributed by atoms with van der Waals surface area (Å²) in [5, 5.41) is 11.8. The highest BCUT2D eigenvalue weighted by molar-refractivity contribution is 5.90. The number of hydrogen-bond donors (Lipinski definition) is 1. The number of carbonyl (C=O) groups is 2.